The average molecular weight is 391 g/mol. The number of nitrogens with one attached hydrogen (secondary N) is 1. The molecule has 3 N–H and O–H groups in total. The first kappa shape index (κ1) is 19.5. The zero-order valence-electron chi connectivity index (χ0n) is 15.7. The van der Waals surface area contributed by atoms with Crippen LogP contribution in [-0.2, 0) is 16.4 Å². The first-order valence-corrected chi connectivity index (χ1v) is 10.5. The van der Waals surface area contributed by atoms with Crippen LogP contribution >= 0.6 is 0 Å². The fraction of sp³-hybridized carbons (Fsp3) is 0.444. The first-order chi connectivity index (χ1) is 12.8. The second-order valence-electron chi connectivity index (χ2n) is 6.85. The molecule has 0 bridgehead atoms. The van der Waals surface area contributed by atoms with Gasteiger partial charge >= 0.3 is 0 Å². The normalized spacial score (nSPS) is 15.7. The van der Waals surface area contributed by atoms with Gasteiger partial charge in [-0.15, -0.1) is 0 Å². The van der Waals surface area contributed by atoms with E-state index in [1.807, 2.05) is 13.0 Å². The van der Waals surface area contributed by atoms with Gasteiger partial charge in [0.2, 0.25) is 16.0 Å². The first-order valence-electron chi connectivity index (χ1n) is 8.96. The van der Waals surface area contributed by atoms with Gasteiger partial charge in [0, 0.05) is 44.5 Å². The number of anilines is 2. The maximum atomic E-state index is 11.3. The Hall–Kier alpha value is -2.23. The minimum atomic E-state index is -3.65. The molecule has 2 aromatic rings. The Morgan fingerprint density at radius 2 is 1.78 bits per heavy atom. The van der Waals surface area contributed by atoms with Crippen molar-refractivity contribution in [3.8, 4) is 0 Å². The number of aryl methyl sites for hydroxylation is 1. The van der Waals surface area contributed by atoms with Crippen LogP contribution in [0, 0.1) is 6.92 Å². The smallest absolute Gasteiger partial charge is 0.238 e. The Balaban J connectivity index is 1.59. The highest BCUT2D eigenvalue weighted by atomic mass is 32.2. The van der Waals surface area contributed by atoms with E-state index in [2.05, 4.69) is 32.1 Å². The Kier molecular flexibility index (Phi) is 5.93. The summed E-state index contributed by atoms with van der Waals surface area (Å²) in [7, 11) is -1.52. The summed E-state index contributed by atoms with van der Waals surface area (Å²) in [5.74, 6) is 1.57. The second kappa shape index (κ2) is 8.20. The van der Waals surface area contributed by atoms with Crippen molar-refractivity contribution >= 4 is 21.8 Å². The van der Waals surface area contributed by atoms with Gasteiger partial charge in [0.1, 0.15) is 5.82 Å². The van der Waals surface area contributed by atoms with Crippen molar-refractivity contribution in [1.29, 1.82) is 0 Å². The van der Waals surface area contributed by atoms with Crippen LogP contribution in [0.25, 0.3) is 0 Å². The van der Waals surface area contributed by atoms with E-state index in [9.17, 15) is 8.42 Å². The molecular formula is C18H26N6O2S. The molecule has 0 saturated carbocycles. The molecule has 1 saturated heterocycles. The lowest BCUT2D eigenvalue weighted by molar-refractivity contribution is 0.312. The van der Waals surface area contributed by atoms with Crippen LogP contribution in [0.4, 0.5) is 11.8 Å². The standard InChI is InChI=1S/C18H26N6O2S/c1-14-13-17(24-11-9-23(2)10-12-24)22-18(21-14)20-8-7-15-3-5-16(6-4-15)27(19,25)26/h3-6,13H,7-12H2,1-2H3,(H2,19,25,26)(H,20,21,22). The van der Waals surface area contributed by atoms with Crippen molar-refractivity contribution in [2.24, 2.45) is 5.14 Å². The highest BCUT2D eigenvalue weighted by Crippen LogP contribution is 2.17. The molecule has 0 radical (unpaired) electrons. The third-order valence-electron chi connectivity index (χ3n) is 4.62. The topological polar surface area (TPSA) is 104 Å². The van der Waals surface area contributed by atoms with Gasteiger partial charge in [-0.3, -0.25) is 0 Å². The van der Waals surface area contributed by atoms with E-state index in [0.29, 0.717) is 12.5 Å². The summed E-state index contributed by atoms with van der Waals surface area (Å²) >= 11 is 0. The van der Waals surface area contributed by atoms with E-state index in [4.69, 9.17) is 5.14 Å². The number of aromatic nitrogens is 2. The highest BCUT2D eigenvalue weighted by Gasteiger charge is 2.16. The zero-order chi connectivity index (χ0) is 19.4. The molecule has 0 aliphatic carbocycles. The van der Waals surface area contributed by atoms with Crippen molar-refractivity contribution in [1.82, 2.24) is 14.9 Å². The largest absolute Gasteiger partial charge is 0.354 e. The molecule has 1 aromatic heterocycles. The van der Waals surface area contributed by atoms with E-state index in [1.54, 1.807) is 12.1 Å². The average Bonchev–Trinajstić information content (AvgIpc) is 2.61. The number of rotatable bonds is 6. The molecule has 8 nitrogen and oxygen atoms in total. The monoisotopic (exact) mass is 390 g/mol. The molecule has 1 aliphatic rings. The summed E-state index contributed by atoms with van der Waals surface area (Å²) in [6, 6.07) is 8.61. The number of sulfonamides is 1. The summed E-state index contributed by atoms with van der Waals surface area (Å²) in [5.41, 5.74) is 1.95. The summed E-state index contributed by atoms with van der Waals surface area (Å²) in [5, 5.41) is 8.38. The van der Waals surface area contributed by atoms with Gasteiger partial charge in [0.25, 0.3) is 0 Å². The highest BCUT2D eigenvalue weighted by molar-refractivity contribution is 7.89. The number of hydrogen-bond donors (Lipinski definition) is 2. The predicted octanol–water partition coefficient (Wildman–Crippen LogP) is 0.839. The molecule has 3 rings (SSSR count). The van der Waals surface area contributed by atoms with Crippen molar-refractivity contribution < 1.29 is 8.42 Å². The van der Waals surface area contributed by atoms with Gasteiger partial charge in [-0.1, -0.05) is 12.1 Å². The number of benzene rings is 1. The fourth-order valence-electron chi connectivity index (χ4n) is 2.99. The molecular weight excluding hydrogens is 364 g/mol. The van der Waals surface area contributed by atoms with Gasteiger partial charge in [-0.05, 0) is 38.1 Å². The van der Waals surface area contributed by atoms with Crippen molar-refractivity contribution in [3.05, 3.63) is 41.6 Å². The number of piperazine rings is 1. The van der Waals surface area contributed by atoms with Gasteiger partial charge in [0.15, 0.2) is 0 Å². The second-order valence-corrected chi connectivity index (χ2v) is 8.41. The van der Waals surface area contributed by atoms with Crippen molar-refractivity contribution in [3.63, 3.8) is 0 Å². The SMILES string of the molecule is Cc1cc(N2CCN(C)CC2)nc(NCCc2ccc(S(N)(=O)=O)cc2)n1. The van der Waals surface area contributed by atoms with E-state index in [1.165, 1.54) is 12.1 Å². The van der Waals surface area contributed by atoms with Gasteiger partial charge in [0.05, 0.1) is 4.90 Å². The molecule has 0 spiro atoms. The number of primary sulfonamides is 1. The summed E-state index contributed by atoms with van der Waals surface area (Å²) < 4.78 is 22.6. The van der Waals surface area contributed by atoms with Crippen molar-refractivity contribution in [2.75, 3.05) is 50.0 Å². The summed E-state index contributed by atoms with van der Waals surface area (Å²) in [6.07, 6.45) is 0.728. The maximum Gasteiger partial charge on any atom is 0.238 e. The molecule has 27 heavy (non-hydrogen) atoms. The third kappa shape index (κ3) is 5.38. The third-order valence-corrected chi connectivity index (χ3v) is 5.55. The van der Waals surface area contributed by atoms with Crippen LogP contribution < -0.4 is 15.4 Å². The number of hydrogen-bond acceptors (Lipinski definition) is 7. The lowest BCUT2D eigenvalue weighted by Gasteiger charge is -2.33. The zero-order valence-corrected chi connectivity index (χ0v) is 16.5. The van der Waals surface area contributed by atoms with E-state index in [0.717, 1.165) is 49.7 Å². The molecule has 146 valence electrons. The summed E-state index contributed by atoms with van der Waals surface area (Å²) in [6.45, 7) is 6.60. The van der Waals surface area contributed by atoms with E-state index < -0.39 is 10.0 Å². The fourth-order valence-corrected chi connectivity index (χ4v) is 3.51. The van der Waals surface area contributed by atoms with Crippen LogP contribution in [-0.4, -0.2) is 63.1 Å². The molecule has 0 atom stereocenters. The molecule has 1 fully saturated rings. The van der Waals surface area contributed by atoms with E-state index in [-0.39, 0.29) is 4.90 Å². The number of nitrogens with two attached hydrogens (primary N) is 1. The van der Waals surface area contributed by atoms with Gasteiger partial charge < -0.3 is 15.1 Å². The van der Waals surface area contributed by atoms with Crippen LogP contribution in [0.1, 0.15) is 11.3 Å². The number of nitrogens with zero attached hydrogens (tertiary/aromatic N) is 4. The Morgan fingerprint density at radius 1 is 1.11 bits per heavy atom. The lowest BCUT2D eigenvalue weighted by atomic mass is 10.1. The lowest BCUT2D eigenvalue weighted by Crippen LogP contribution is -2.44. The van der Waals surface area contributed by atoms with Crippen LogP contribution in [0.3, 0.4) is 0 Å². The Labute approximate surface area is 160 Å². The Morgan fingerprint density at radius 3 is 2.41 bits per heavy atom. The predicted molar refractivity (Wildman–Crippen MR) is 106 cm³/mol. The molecule has 2 heterocycles. The molecule has 1 aromatic carbocycles. The quantitative estimate of drug-likeness (QED) is 0.753. The van der Waals surface area contributed by atoms with Crippen molar-refractivity contribution in [2.45, 2.75) is 18.2 Å². The minimum Gasteiger partial charge on any atom is -0.354 e. The van der Waals surface area contributed by atoms with Crippen LogP contribution in [0.15, 0.2) is 35.2 Å². The van der Waals surface area contributed by atoms with E-state index >= 15 is 0 Å². The molecule has 0 unspecified atom stereocenters. The molecule has 0 amide bonds. The van der Waals surface area contributed by atoms with Gasteiger partial charge in [-0.25, -0.2) is 18.5 Å². The Bertz CT molecular complexity index is 877. The minimum absolute atomic E-state index is 0.123. The molecule has 1 aliphatic heterocycles. The maximum absolute atomic E-state index is 11.3. The van der Waals surface area contributed by atoms with Crippen LogP contribution in [0.2, 0.25) is 0 Å². The summed E-state index contributed by atoms with van der Waals surface area (Å²) in [4.78, 5) is 13.8. The molecule has 9 heteroatoms. The van der Waals surface area contributed by atoms with Gasteiger partial charge in [-0.2, -0.15) is 4.98 Å². The van der Waals surface area contributed by atoms with Crippen LogP contribution in [0.5, 0.6) is 0 Å². The number of likely N-dealkylation sites (N-methyl/N-ethyl adjacent to an activating group) is 1.